The van der Waals surface area contributed by atoms with Crippen LogP contribution >= 0.6 is 0 Å². The standard InChI is InChI=1S/C10H19NO4/c1-7(6-11(13)14)8(2)9(12)15-10(3,4)5/h7-8H,6H2,1-5H3. The van der Waals surface area contributed by atoms with Crippen LogP contribution in [0.25, 0.3) is 0 Å². The van der Waals surface area contributed by atoms with E-state index in [0.29, 0.717) is 0 Å². The Labute approximate surface area is 90.0 Å². The average molecular weight is 217 g/mol. The molecule has 0 amide bonds. The first-order valence-corrected chi connectivity index (χ1v) is 4.98. The Bertz CT molecular complexity index is 244. The van der Waals surface area contributed by atoms with Gasteiger partial charge in [0.05, 0.1) is 5.92 Å². The Morgan fingerprint density at radius 2 is 1.87 bits per heavy atom. The summed E-state index contributed by atoms with van der Waals surface area (Å²) in [4.78, 5) is 21.4. The SMILES string of the molecule is CC(C[N+](=O)[O-])C(C)C(=O)OC(C)(C)C. The van der Waals surface area contributed by atoms with Gasteiger partial charge in [-0.15, -0.1) is 0 Å². The lowest BCUT2D eigenvalue weighted by Crippen LogP contribution is -2.32. The predicted octanol–water partition coefficient (Wildman–Crippen LogP) is 1.88. The van der Waals surface area contributed by atoms with Gasteiger partial charge in [-0.05, 0) is 20.8 Å². The van der Waals surface area contributed by atoms with Crippen molar-refractivity contribution in [1.29, 1.82) is 0 Å². The van der Waals surface area contributed by atoms with E-state index in [1.807, 2.05) is 0 Å². The topological polar surface area (TPSA) is 69.4 Å². The van der Waals surface area contributed by atoms with E-state index in [1.54, 1.807) is 34.6 Å². The molecule has 2 atom stereocenters. The zero-order chi connectivity index (χ0) is 12.2. The third-order valence-corrected chi connectivity index (χ3v) is 2.07. The molecular formula is C10H19NO4. The molecule has 0 heterocycles. The minimum absolute atomic E-state index is 0.208. The molecule has 0 spiro atoms. The lowest BCUT2D eigenvalue weighted by Gasteiger charge is -2.23. The Morgan fingerprint density at radius 3 is 2.20 bits per heavy atom. The lowest BCUT2D eigenvalue weighted by molar-refractivity contribution is -0.488. The fraction of sp³-hybridized carbons (Fsp3) is 0.900. The van der Waals surface area contributed by atoms with Crippen molar-refractivity contribution in [1.82, 2.24) is 0 Å². The van der Waals surface area contributed by atoms with Gasteiger partial charge in [0, 0.05) is 10.8 Å². The summed E-state index contributed by atoms with van der Waals surface area (Å²) in [6.07, 6.45) is 0. The van der Waals surface area contributed by atoms with Crippen molar-refractivity contribution in [2.45, 2.75) is 40.2 Å². The first-order valence-electron chi connectivity index (χ1n) is 4.98. The van der Waals surface area contributed by atoms with E-state index in [0.717, 1.165) is 0 Å². The minimum atomic E-state index is -0.542. The van der Waals surface area contributed by atoms with Crippen molar-refractivity contribution in [2.75, 3.05) is 6.54 Å². The van der Waals surface area contributed by atoms with Gasteiger partial charge < -0.3 is 4.74 Å². The van der Waals surface area contributed by atoms with Crippen molar-refractivity contribution in [3.8, 4) is 0 Å². The van der Waals surface area contributed by atoms with Crippen molar-refractivity contribution in [3.63, 3.8) is 0 Å². The number of rotatable bonds is 4. The largest absolute Gasteiger partial charge is 0.460 e. The summed E-state index contributed by atoms with van der Waals surface area (Å²) in [6.45, 7) is 8.45. The summed E-state index contributed by atoms with van der Waals surface area (Å²) >= 11 is 0. The molecule has 5 heteroatoms. The van der Waals surface area contributed by atoms with Gasteiger partial charge in [0.25, 0.3) is 0 Å². The maximum absolute atomic E-state index is 11.5. The predicted molar refractivity (Wildman–Crippen MR) is 56.0 cm³/mol. The molecule has 0 rings (SSSR count). The monoisotopic (exact) mass is 217 g/mol. The van der Waals surface area contributed by atoms with Crippen LogP contribution in [0.1, 0.15) is 34.6 Å². The molecule has 0 saturated carbocycles. The Balaban J connectivity index is 4.25. The van der Waals surface area contributed by atoms with Crippen LogP contribution < -0.4 is 0 Å². The van der Waals surface area contributed by atoms with E-state index in [1.165, 1.54) is 0 Å². The smallest absolute Gasteiger partial charge is 0.309 e. The fourth-order valence-electron chi connectivity index (χ4n) is 1.02. The number of esters is 1. The Kier molecular flexibility index (Phi) is 4.71. The first-order chi connectivity index (χ1) is 6.63. The van der Waals surface area contributed by atoms with Crippen LogP contribution in [0.2, 0.25) is 0 Å². The van der Waals surface area contributed by atoms with Crippen molar-refractivity contribution in [2.24, 2.45) is 11.8 Å². The van der Waals surface area contributed by atoms with Crippen LogP contribution in [-0.4, -0.2) is 23.0 Å². The molecule has 0 saturated heterocycles. The molecule has 0 radical (unpaired) electrons. The van der Waals surface area contributed by atoms with Gasteiger partial charge in [0.15, 0.2) is 0 Å². The number of hydrogen-bond acceptors (Lipinski definition) is 4. The molecule has 0 aliphatic heterocycles. The highest BCUT2D eigenvalue weighted by Crippen LogP contribution is 2.17. The van der Waals surface area contributed by atoms with Crippen LogP contribution in [0.4, 0.5) is 0 Å². The number of nitro groups is 1. The van der Waals surface area contributed by atoms with E-state index in [9.17, 15) is 14.9 Å². The number of hydrogen-bond donors (Lipinski definition) is 0. The number of carbonyl (C=O) groups excluding carboxylic acids is 1. The molecule has 0 fully saturated rings. The Morgan fingerprint density at radius 1 is 1.40 bits per heavy atom. The van der Waals surface area contributed by atoms with Crippen molar-refractivity contribution < 1.29 is 14.5 Å². The molecule has 5 nitrogen and oxygen atoms in total. The summed E-state index contributed by atoms with van der Waals surface area (Å²) in [7, 11) is 0. The van der Waals surface area contributed by atoms with Gasteiger partial charge in [-0.1, -0.05) is 13.8 Å². The second kappa shape index (κ2) is 5.09. The Hall–Kier alpha value is -1.13. The summed E-state index contributed by atoms with van der Waals surface area (Å²) in [5, 5.41) is 10.3. The minimum Gasteiger partial charge on any atom is -0.460 e. The quantitative estimate of drug-likeness (QED) is 0.409. The van der Waals surface area contributed by atoms with Gasteiger partial charge >= 0.3 is 5.97 Å². The highest BCUT2D eigenvalue weighted by molar-refractivity contribution is 5.72. The summed E-state index contributed by atoms with van der Waals surface area (Å²) in [6, 6.07) is 0. The zero-order valence-electron chi connectivity index (χ0n) is 9.94. The first kappa shape index (κ1) is 13.9. The highest BCUT2D eigenvalue weighted by Gasteiger charge is 2.28. The summed E-state index contributed by atoms with van der Waals surface area (Å²) in [5.74, 6) is -1.14. The van der Waals surface area contributed by atoms with Gasteiger partial charge in [-0.2, -0.15) is 0 Å². The highest BCUT2D eigenvalue weighted by atomic mass is 16.6. The summed E-state index contributed by atoms with van der Waals surface area (Å²) < 4.78 is 5.14. The maximum atomic E-state index is 11.5. The fourth-order valence-corrected chi connectivity index (χ4v) is 1.02. The molecule has 0 aromatic heterocycles. The van der Waals surface area contributed by atoms with Gasteiger partial charge in [-0.3, -0.25) is 14.9 Å². The van der Waals surface area contributed by atoms with Crippen LogP contribution in [-0.2, 0) is 9.53 Å². The van der Waals surface area contributed by atoms with Crippen LogP contribution in [0, 0.1) is 22.0 Å². The number of nitrogens with zero attached hydrogens (tertiary/aromatic N) is 1. The number of carbonyl (C=O) groups is 1. The van der Waals surface area contributed by atoms with Gasteiger partial charge in [-0.25, -0.2) is 0 Å². The second-order valence-electron chi connectivity index (χ2n) is 4.81. The zero-order valence-corrected chi connectivity index (χ0v) is 9.94. The van der Waals surface area contributed by atoms with E-state index < -0.39 is 16.4 Å². The average Bonchev–Trinajstić information content (AvgIpc) is 1.98. The molecule has 0 N–H and O–H groups in total. The molecule has 0 aromatic rings. The van der Waals surface area contributed by atoms with Crippen LogP contribution in [0.15, 0.2) is 0 Å². The molecule has 0 aromatic carbocycles. The normalized spacial score (nSPS) is 15.5. The molecule has 15 heavy (non-hydrogen) atoms. The van der Waals surface area contributed by atoms with Gasteiger partial charge in [0.1, 0.15) is 5.60 Å². The maximum Gasteiger partial charge on any atom is 0.309 e. The van der Waals surface area contributed by atoms with E-state index in [2.05, 4.69) is 0 Å². The molecule has 0 aliphatic carbocycles. The lowest BCUT2D eigenvalue weighted by atomic mass is 9.96. The third kappa shape index (κ3) is 6.04. The summed E-state index contributed by atoms with van der Waals surface area (Å²) in [5.41, 5.74) is -0.542. The van der Waals surface area contributed by atoms with E-state index >= 15 is 0 Å². The molecule has 0 aliphatic rings. The van der Waals surface area contributed by atoms with Crippen molar-refractivity contribution >= 4 is 5.97 Å². The van der Waals surface area contributed by atoms with Crippen LogP contribution in [0.5, 0.6) is 0 Å². The second-order valence-corrected chi connectivity index (χ2v) is 4.81. The van der Waals surface area contributed by atoms with E-state index in [-0.39, 0.29) is 18.4 Å². The molecule has 88 valence electrons. The number of ether oxygens (including phenoxy) is 1. The molecule has 2 unspecified atom stereocenters. The van der Waals surface area contributed by atoms with Crippen LogP contribution in [0.3, 0.4) is 0 Å². The molecule has 0 bridgehead atoms. The third-order valence-electron chi connectivity index (χ3n) is 2.07. The van der Waals surface area contributed by atoms with Crippen molar-refractivity contribution in [3.05, 3.63) is 10.1 Å². The molecular weight excluding hydrogens is 198 g/mol. The van der Waals surface area contributed by atoms with E-state index in [4.69, 9.17) is 4.74 Å². The van der Waals surface area contributed by atoms with Gasteiger partial charge in [0.2, 0.25) is 6.54 Å².